The lowest BCUT2D eigenvalue weighted by molar-refractivity contribution is 0.344. The molecule has 0 aliphatic rings. The molecule has 0 saturated heterocycles. The molecule has 20 heavy (non-hydrogen) atoms. The van der Waals surface area contributed by atoms with Crippen molar-refractivity contribution in [1.29, 1.82) is 0 Å². The number of hydrogen-bond donors (Lipinski definition) is 1. The first-order chi connectivity index (χ1) is 9.78. The van der Waals surface area contributed by atoms with Crippen molar-refractivity contribution in [3.63, 3.8) is 0 Å². The third-order valence-electron chi connectivity index (χ3n) is 2.32. The second-order valence-electron chi connectivity index (χ2n) is 3.95. The van der Waals surface area contributed by atoms with Gasteiger partial charge in [0.2, 0.25) is 5.13 Å². The summed E-state index contributed by atoms with van der Waals surface area (Å²) in [6.07, 6.45) is 1.08. The van der Waals surface area contributed by atoms with Crippen LogP contribution in [0.15, 0.2) is 28.6 Å². The molecule has 0 atom stereocenters. The molecule has 0 fully saturated rings. The average molecular weight is 330 g/mol. The molecule has 0 saturated carbocycles. The molecular weight excluding hydrogens is 314 g/mol. The van der Waals surface area contributed by atoms with Crippen molar-refractivity contribution in [2.24, 2.45) is 0 Å². The van der Waals surface area contributed by atoms with Crippen molar-refractivity contribution in [3.05, 3.63) is 29.3 Å². The normalized spacial score (nSPS) is 10.5. The Kier molecular flexibility index (Phi) is 6.42. The van der Waals surface area contributed by atoms with Gasteiger partial charge < -0.3 is 10.1 Å². The zero-order chi connectivity index (χ0) is 14.2. The highest BCUT2D eigenvalue weighted by molar-refractivity contribution is 8.01. The van der Waals surface area contributed by atoms with Crippen LogP contribution in [-0.4, -0.2) is 29.1 Å². The van der Waals surface area contributed by atoms with Crippen LogP contribution < -0.4 is 10.1 Å². The highest BCUT2D eigenvalue weighted by Crippen LogP contribution is 2.25. The van der Waals surface area contributed by atoms with Gasteiger partial charge in [0.15, 0.2) is 4.34 Å². The minimum absolute atomic E-state index is 0.629. The van der Waals surface area contributed by atoms with Gasteiger partial charge >= 0.3 is 0 Å². The summed E-state index contributed by atoms with van der Waals surface area (Å²) in [5.74, 6) is 1.67. The lowest BCUT2D eigenvalue weighted by Crippen LogP contribution is -1.99. The van der Waals surface area contributed by atoms with Gasteiger partial charge in [-0.25, -0.2) is 0 Å². The van der Waals surface area contributed by atoms with Crippen molar-refractivity contribution >= 4 is 39.8 Å². The van der Waals surface area contributed by atoms with Gasteiger partial charge in [0.05, 0.1) is 6.61 Å². The molecule has 2 rings (SSSR count). The number of hydrogen-bond acceptors (Lipinski definition) is 6. The molecular formula is C13H16ClN3OS2. The number of nitrogens with one attached hydrogen (secondary N) is 1. The zero-order valence-corrected chi connectivity index (χ0v) is 13.5. The maximum atomic E-state index is 5.81. The van der Waals surface area contributed by atoms with Crippen molar-refractivity contribution in [2.45, 2.75) is 17.7 Å². The van der Waals surface area contributed by atoms with E-state index < -0.39 is 0 Å². The van der Waals surface area contributed by atoms with Crippen LogP contribution in [0, 0.1) is 0 Å². The minimum Gasteiger partial charge on any atom is -0.493 e. The predicted molar refractivity (Wildman–Crippen MR) is 86.4 cm³/mol. The lowest BCUT2D eigenvalue weighted by atomic mass is 10.3. The molecule has 0 bridgehead atoms. The van der Waals surface area contributed by atoms with E-state index in [1.807, 2.05) is 24.3 Å². The van der Waals surface area contributed by atoms with Crippen LogP contribution in [0.2, 0.25) is 5.02 Å². The van der Waals surface area contributed by atoms with Gasteiger partial charge in [-0.15, -0.1) is 10.2 Å². The fourth-order valence-corrected chi connectivity index (χ4v) is 3.18. The van der Waals surface area contributed by atoms with Crippen LogP contribution in [0.4, 0.5) is 5.13 Å². The highest BCUT2D eigenvalue weighted by Gasteiger charge is 2.04. The Bertz CT molecular complexity index is 519. The van der Waals surface area contributed by atoms with Crippen LogP contribution in [0.25, 0.3) is 0 Å². The van der Waals surface area contributed by atoms with Crippen LogP contribution in [0.1, 0.15) is 13.3 Å². The van der Waals surface area contributed by atoms with Gasteiger partial charge in [0.25, 0.3) is 0 Å². The smallest absolute Gasteiger partial charge is 0.206 e. The van der Waals surface area contributed by atoms with Crippen LogP contribution in [-0.2, 0) is 0 Å². The van der Waals surface area contributed by atoms with E-state index in [0.29, 0.717) is 11.6 Å². The first-order valence-electron chi connectivity index (χ1n) is 6.36. The summed E-state index contributed by atoms with van der Waals surface area (Å²) in [5.41, 5.74) is 0. The van der Waals surface area contributed by atoms with E-state index in [-0.39, 0.29) is 0 Å². The van der Waals surface area contributed by atoms with E-state index in [9.17, 15) is 0 Å². The van der Waals surface area contributed by atoms with E-state index in [4.69, 9.17) is 16.3 Å². The number of benzene rings is 1. The third kappa shape index (κ3) is 5.19. The number of aromatic nitrogens is 2. The number of ether oxygens (including phenoxy) is 1. The molecule has 1 heterocycles. The largest absolute Gasteiger partial charge is 0.493 e. The van der Waals surface area contributed by atoms with Gasteiger partial charge in [-0.05, 0) is 30.7 Å². The van der Waals surface area contributed by atoms with Crippen LogP contribution in [0.5, 0.6) is 5.75 Å². The van der Waals surface area contributed by atoms with Crippen molar-refractivity contribution in [3.8, 4) is 5.75 Å². The van der Waals surface area contributed by atoms with Crippen molar-refractivity contribution in [1.82, 2.24) is 10.2 Å². The molecule has 2 aromatic rings. The van der Waals surface area contributed by atoms with Gasteiger partial charge in [-0.2, -0.15) is 0 Å². The lowest BCUT2D eigenvalue weighted by Gasteiger charge is -2.04. The quantitative estimate of drug-likeness (QED) is 0.581. The summed E-state index contributed by atoms with van der Waals surface area (Å²) in [6, 6.07) is 7.37. The molecule has 7 heteroatoms. The first kappa shape index (κ1) is 15.4. The monoisotopic (exact) mass is 329 g/mol. The Morgan fingerprint density at radius 2 is 2.10 bits per heavy atom. The fourth-order valence-electron chi connectivity index (χ4n) is 1.39. The molecule has 0 aliphatic carbocycles. The Hall–Kier alpha value is -0.980. The summed E-state index contributed by atoms with van der Waals surface area (Å²) in [6.45, 7) is 3.68. The standard InChI is InChI=1S/C13H16ClN3OS2/c1-2-7-15-12-16-17-13(20-12)19-9-8-18-11-5-3-10(14)4-6-11/h3-6H,2,7-9H2,1H3,(H,15,16). The molecule has 1 aromatic heterocycles. The average Bonchev–Trinajstić information content (AvgIpc) is 2.91. The third-order valence-corrected chi connectivity index (χ3v) is 4.55. The summed E-state index contributed by atoms with van der Waals surface area (Å²) >= 11 is 9.04. The Morgan fingerprint density at radius 3 is 2.85 bits per heavy atom. The topological polar surface area (TPSA) is 47.0 Å². The molecule has 1 N–H and O–H groups in total. The van der Waals surface area contributed by atoms with E-state index in [2.05, 4.69) is 22.4 Å². The molecule has 4 nitrogen and oxygen atoms in total. The first-order valence-corrected chi connectivity index (χ1v) is 8.54. The SMILES string of the molecule is CCCNc1nnc(SCCOc2ccc(Cl)cc2)s1. The molecule has 0 unspecified atom stereocenters. The summed E-state index contributed by atoms with van der Waals surface area (Å²) in [5, 5.41) is 13.0. The zero-order valence-electron chi connectivity index (χ0n) is 11.1. The van der Waals surface area contributed by atoms with Crippen LogP contribution in [0.3, 0.4) is 0 Å². The van der Waals surface area contributed by atoms with Gasteiger partial charge in [-0.1, -0.05) is 41.6 Å². The number of anilines is 1. The van der Waals surface area contributed by atoms with E-state index in [0.717, 1.165) is 33.9 Å². The number of halogens is 1. The maximum absolute atomic E-state index is 5.81. The molecule has 0 spiro atoms. The van der Waals surface area contributed by atoms with Crippen LogP contribution >= 0.6 is 34.7 Å². The molecule has 1 aromatic carbocycles. The number of thioether (sulfide) groups is 1. The fraction of sp³-hybridized carbons (Fsp3) is 0.385. The molecule has 0 radical (unpaired) electrons. The van der Waals surface area contributed by atoms with Crippen molar-refractivity contribution < 1.29 is 4.74 Å². The summed E-state index contributed by atoms with van der Waals surface area (Å²) in [7, 11) is 0. The Balaban J connectivity index is 1.67. The molecule has 108 valence electrons. The van der Waals surface area contributed by atoms with E-state index in [1.165, 1.54) is 0 Å². The number of rotatable bonds is 8. The maximum Gasteiger partial charge on any atom is 0.206 e. The van der Waals surface area contributed by atoms with Gasteiger partial charge in [0, 0.05) is 17.3 Å². The van der Waals surface area contributed by atoms with E-state index >= 15 is 0 Å². The molecule has 0 amide bonds. The summed E-state index contributed by atoms with van der Waals surface area (Å²) < 4.78 is 6.58. The minimum atomic E-state index is 0.629. The second-order valence-corrected chi connectivity index (χ2v) is 6.71. The second kappa shape index (κ2) is 8.34. The van der Waals surface area contributed by atoms with Gasteiger partial charge in [0.1, 0.15) is 5.75 Å². The Morgan fingerprint density at radius 1 is 1.30 bits per heavy atom. The van der Waals surface area contributed by atoms with Gasteiger partial charge in [-0.3, -0.25) is 0 Å². The highest BCUT2D eigenvalue weighted by atomic mass is 35.5. The van der Waals surface area contributed by atoms with Crippen molar-refractivity contribution in [2.75, 3.05) is 24.2 Å². The molecule has 0 aliphatic heterocycles. The Labute approximate surface area is 131 Å². The summed E-state index contributed by atoms with van der Waals surface area (Å²) in [4.78, 5) is 0. The predicted octanol–water partition coefficient (Wildman–Crippen LogP) is 4.18. The number of nitrogens with zero attached hydrogens (tertiary/aromatic N) is 2. The van der Waals surface area contributed by atoms with E-state index in [1.54, 1.807) is 23.1 Å².